The summed E-state index contributed by atoms with van der Waals surface area (Å²) in [5, 5.41) is 6.79. The third-order valence-electron chi connectivity index (χ3n) is 3.44. The molecule has 0 bridgehead atoms. The van der Waals surface area contributed by atoms with Gasteiger partial charge in [-0.25, -0.2) is 0 Å². The minimum absolute atomic E-state index is 0.0269. The first-order chi connectivity index (χ1) is 8.69. The molecule has 0 saturated carbocycles. The van der Waals surface area contributed by atoms with Gasteiger partial charge in [0, 0.05) is 22.7 Å². The largest absolute Gasteiger partial charge is 0.349 e. The van der Waals surface area contributed by atoms with Crippen LogP contribution < -0.4 is 10.6 Å². The van der Waals surface area contributed by atoms with E-state index in [1.165, 1.54) is 0 Å². The number of hydrogen-bond acceptors (Lipinski definition) is 2. The number of carbonyl (C=O) groups is 1. The molecule has 1 heterocycles. The van der Waals surface area contributed by atoms with Gasteiger partial charge in [-0.05, 0) is 54.4 Å². The van der Waals surface area contributed by atoms with Crippen molar-refractivity contribution in [3.63, 3.8) is 0 Å². The molecule has 1 aliphatic heterocycles. The Morgan fingerprint density at radius 2 is 1.68 bits per heavy atom. The van der Waals surface area contributed by atoms with Gasteiger partial charge in [0.15, 0.2) is 0 Å². The van der Waals surface area contributed by atoms with Crippen LogP contribution in [-0.2, 0) is 4.79 Å². The maximum atomic E-state index is 12.2. The van der Waals surface area contributed by atoms with Crippen LogP contribution in [0.15, 0.2) is 23.8 Å². The minimum atomic E-state index is 0.0269. The molecular formula is C16H28N2O. The smallest absolute Gasteiger partial charge is 0.251 e. The lowest BCUT2D eigenvalue weighted by molar-refractivity contribution is -0.118. The molecule has 3 nitrogen and oxygen atoms in total. The van der Waals surface area contributed by atoms with E-state index in [9.17, 15) is 4.79 Å². The molecule has 19 heavy (non-hydrogen) atoms. The lowest BCUT2D eigenvalue weighted by atomic mass is 9.79. The van der Waals surface area contributed by atoms with E-state index in [0.29, 0.717) is 0 Å². The summed E-state index contributed by atoms with van der Waals surface area (Å²) in [6.07, 6.45) is 7.51. The summed E-state index contributed by atoms with van der Waals surface area (Å²) in [7, 11) is 0. The second-order valence-electron chi connectivity index (χ2n) is 6.72. The Kier molecular flexibility index (Phi) is 4.97. The zero-order valence-corrected chi connectivity index (χ0v) is 13.1. The normalized spacial score (nSPS) is 23.6. The Morgan fingerprint density at radius 1 is 1.16 bits per heavy atom. The van der Waals surface area contributed by atoms with Crippen LogP contribution in [0.2, 0.25) is 0 Å². The number of nitrogens with one attached hydrogen (secondary N) is 2. The highest BCUT2D eigenvalue weighted by molar-refractivity contribution is 5.96. The highest BCUT2D eigenvalue weighted by Gasteiger charge is 2.38. The molecule has 0 aromatic carbocycles. The molecule has 1 rings (SSSR count). The lowest BCUT2D eigenvalue weighted by Gasteiger charge is -2.46. The number of piperidine rings is 1. The van der Waals surface area contributed by atoms with Crippen molar-refractivity contribution in [3.8, 4) is 0 Å². The van der Waals surface area contributed by atoms with Crippen molar-refractivity contribution >= 4 is 5.91 Å². The average Bonchev–Trinajstić information content (AvgIpc) is 2.20. The molecule has 1 fully saturated rings. The first kappa shape index (κ1) is 16.0. The van der Waals surface area contributed by atoms with Gasteiger partial charge in [-0.3, -0.25) is 4.79 Å². The van der Waals surface area contributed by atoms with Gasteiger partial charge >= 0.3 is 0 Å². The summed E-state index contributed by atoms with van der Waals surface area (Å²) in [6, 6.07) is 0.221. The quantitative estimate of drug-likeness (QED) is 0.608. The number of hydrogen-bond donors (Lipinski definition) is 2. The number of amides is 1. The van der Waals surface area contributed by atoms with Crippen LogP contribution in [0.25, 0.3) is 0 Å². The summed E-state index contributed by atoms with van der Waals surface area (Å²) in [6.45, 7) is 12.6. The van der Waals surface area contributed by atoms with Crippen molar-refractivity contribution in [1.82, 2.24) is 10.6 Å². The van der Waals surface area contributed by atoms with E-state index >= 15 is 0 Å². The minimum Gasteiger partial charge on any atom is -0.349 e. The fourth-order valence-corrected chi connectivity index (χ4v) is 3.18. The predicted octanol–water partition coefficient (Wildman–Crippen LogP) is 2.93. The van der Waals surface area contributed by atoms with Gasteiger partial charge in [-0.15, -0.1) is 0 Å². The summed E-state index contributed by atoms with van der Waals surface area (Å²) >= 11 is 0. The van der Waals surface area contributed by atoms with Gasteiger partial charge in [0.05, 0.1) is 0 Å². The van der Waals surface area contributed by atoms with Crippen LogP contribution in [0.4, 0.5) is 0 Å². The van der Waals surface area contributed by atoms with Gasteiger partial charge < -0.3 is 10.6 Å². The summed E-state index contributed by atoms with van der Waals surface area (Å²) in [4.78, 5) is 12.2. The second kappa shape index (κ2) is 5.91. The van der Waals surface area contributed by atoms with E-state index in [0.717, 1.165) is 18.4 Å². The fraction of sp³-hybridized carbons (Fsp3) is 0.688. The number of carbonyl (C=O) groups excluding carboxylic acids is 1. The fourth-order valence-electron chi connectivity index (χ4n) is 3.18. The monoisotopic (exact) mass is 264 g/mol. The second-order valence-corrected chi connectivity index (χ2v) is 6.72. The van der Waals surface area contributed by atoms with Crippen LogP contribution >= 0.6 is 0 Å². The van der Waals surface area contributed by atoms with E-state index < -0.39 is 0 Å². The zero-order valence-electron chi connectivity index (χ0n) is 13.1. The third-order valence-corrected chi connectivity index (χ3v) is 3.44. The summed E-state index contributed by atoms with van der Waals surface area (Å²) < 4.78 is 0. The molecule has 108 valence electrons. The molecule has 0 aromatic heterocycles. The number of rotatable bonds is 3. The van der Waals surface area contributed by atoms with Crippen molar-refractivity contribution in [2.75, 3.05) is 0 Å². The van der Waals surface area contributed by atoms with Gasteiger partial charge in [0.2, 0.25) is 0 Å². The van der Waals surface area contributed by atoms with Crippen molar-refractivity contribution in [2.24, 2.45) is 0 Å². The van der Waals surface area contributed by atoms with E-state index in [1.54, 1.807) is 0 Å². The summed E-state index contributed by atoms with van der Waals surface area (Å²) in [5.41, 5.74) is 0.837. The van der Waals surface area contributed by atoms with E-state index in [4.69, 9.17) is 0 Å². The highest BCUT2D eigenvalue weighted by atomic mass is 16.1. The van der Waals surface area contributed by atoms with Crippen molar-refractivity contribution < 1.29 is 4.79 Å². The van der Waals surface area contributed by atoms with Crippen LogP contribution in [0.5, 0.6) is 0 Å². The van der Waals surface area contributed by atoms with Crippen molar-refractivity contribution in [1.29, 1.82) is 0 Å². The topological polar surface area (TPSA) is 41.1 Å². The molecule has 0 aliphatic carbocycles. The molecule has 0 unspecified atom stereocenters. The number of allylic oxidation sites excluding steroid dienone is 2. The average molecular weight is 264 g/mol. The Hall–Kier alpha value is -1.09. The van der Waals surface area contributed by atoms with Crippen LogP contribution in [-0.4, -0.2) is 23.0 Å². The molecule has 0 spiro atoms. The Labute approximate surface area is 117 Å². The Bertz CT molecular complexity index is 376. The lowest BCUT2D eigenvalue weighted by Crippen LogP contribution is -2.62. The zero-order chi connectivity index (χ0) is 14.7. The molecular weight excluding hydrogens is 236 g/mol. The maximum absolute atomic E-state index is 12.2. The first-order valence-corrected chi connectivity index (χ1v) is 7.08. The molecule has 3 heteroatoms. The molecule has 0 aromatic rings. The molecule has 1 saturated heterocycles. The predicted molar refractivity (Wildman–Crippen MR) is 81.0 cm³/mol. The third kappa shape index (κ3) is 4.83. The SMILES string of the molecule is CC=CC(=CC)C(=O)NC1CC(C)(C)NC(C)(C)C1. The van der Waals surface area contributed by atoms with Gasteiger partial charge in [0.25, 0.3) is 5.91 Å². The maximum Gasteiger partial charge on any atom is 0.251 e. The van der Waals surface area contributed by atoms with Crippen LogP contribution in [0.3, 0.4) is 0 Å². The van der Waals surface area contributed by atoms with E-state index in [-0.39, 0.29) is 23.0 Å². The highest BCUT2D eigenvalue weighted by Crippen LogP contribution is 2.28. The standard InChI is InChI=1S/C16H28N2O/c1-7-9-12(8-2)14(19)17-13-10-15(3,4)18-16(5,6)11-13/h7-9,13,18H,10-11H2,1-6H3,(H,17,19). The van der Waals surface area contributed by atoms with Gasteiger partial charge in [-0.2, -0.15) is 0 Å². The Morgan fingerprint density at radius 3 is 2.11 bits per heavy atom. The van der Waals surface area contributed by atoms with E-state index in [2.05, 4.69) is 38.3 Å². The van der Waals surface area contributed by atoms with Crippen LogP contribution in [0.1, 0.15) is 54.4 Å². The Balaban J connectivity index is 2.74. The molecule has 1 aliphatic rings. The molecule has 1 amide bonds. The van der Waals surface area contributed by atoms with Crippen molar-refractivity contribution in [3.05, 3.63) is 23.8 Å². The first-order valence-electron chi connectivity index (χ1n) is 7.08. The summed E-state index contributed by atoms with van der Waals surface area (Å²) in [5.74, 6) is 0.0269. The molecule has 0 radical (unpaired) electrons. The van der Waals surface area contributed by atoms with Crippen molar-refractivity contribution in [2.45, 2.75) is 71.5 Å². The van der Waals surface area contributed by atoms with E-state index in [1.807, 2.05) is 32.1 Å². The molecule has 0 atom stereocenters. The van der Waals surface area contributed by atoms with Gasteiger partial charge in [0.1, 0.15) is 0 Å². The molecule has 2 N–H and O–H groups in total. The van der Waals surface area contributed by atoms with Gasteiger partial charge in [-0.1, -0.05) is 18.2 Å². The van der Waals surface area contributed by atoms with Crippen LogP contribution in [0, 0.1) is 0 Å².